The van der Waals surface area contributed by atoms with E-state index in [0.29, 0.717) is 5.69 Å². The molecule has 1 aliphatic rings. The number of hydrogen-bond donors (Lipinski definition) is 4. The minimum absolute atomic E-state index is 0.00457. The van der Waals surface area contributed by atoms with Crippen LogP contribution in [0.3, 0.4) is 0 Å². The third kappa shape index (κ3) is 7.04. The third-order valence-corrected chi connectivity index (χ3v) is 5.50. The quantitative estimate of drug-likeness (QED) is 0.375. The first-order valence-electron chi connectivity index (χ1n) is 10.5. The van der Waals surface area contributed by atoms with Gasteiger partial charge >= 0.3 is 10.1 Å². The number of amides is 2. The van der Waals surface area contributed by atoms with Crippen molar-refractivity contribution >= 4 is 39.4 Å². The summed E-state index contributed by atoms with van der Waals surface area (Å²) in [6, 6.07) is 4.40. The highest BCUT2D eigenvalue weighted by Crippen LogP contribution is 2.27. The lowest BCUT2D eigenvalue weighted by Gasteiger charge is -2.20. The van der Waals surface area contributed by atoms with Gasteiger partial charge in [0.25, 0.3) is 11.8 Å². The molecule has 1 aromatic heterocycles. The van der Waals surface area contributed by atoms with E-state index in [9.17, 15) is 18.0 Å². The second kappa shape index (κ2) is 9.61. The number of aromatic nitrogens is 2. The lowest BCUT2D eigenvalue weighted by Crippen LogP contribution is -2.26. The molecule has 5 N–H and O–H groups in total. The smallest absolute Gasteiger partial charge is 0.306 e. The van der Waals surface area contributed by atoms with Gasteiger partial charge in [0.2, 0.25) is 5.95 Å². The summed E-state index contributed by atoms with van der Waals surface area (Å²) in [6.45, 7) is 5.98. The molecule has 1 atom stereocenters. The van der Waals surface area contributed by atoms with E-state index in [2.05, 4.69) is 25.9 Å². The summed E-state index contributed by atoms with van der Waals surface area (Å²) in [6.07, 6.45) is 4.02. The van der Waals surface area contributed by atoms with Crippen molar-refractivity contribution in [2.75, 3.05) is 16.9 Å². The number of primary amides is 1. The number of carbonyl (C=O) groups is 2. The average molecular weight is 477 g/mol. The van der Waals surface area contributed by atoms with E-state index in [1.165, 1.54) is 24.4 Å². The Bertz CT molecular complexity index is 1160. The van der Waals surface area contributed by atoms with Crippen molar-refractivity contribution < 1.29 is 22.2 Å². The van der Waals surface area contributed by atoms with Crippen LogP contribution in [0.4, 0.5) is 17.5 Å². The van der Waals surface area contributed by atoms with E-state index >= 15 is 0 Å². The van der Waals surface area contributed by atoms with Crippen molar-refractivity contribution in [1.82, 2.24) is 15.3 Å². The van der Waals surface area contributed by atoms with Crippen LogP contribution in [0.1, 0.15) is 54.3 Å². The molecule has 1 aliphatic carbocycles. The van der Waals surface area contributed by atoms with Gasteiger partial charge in [-0.1, -0.05) is 13.8 Å². The first kappa shape index (κ1) is 24.2. The van der Waals surface area contributed by atoms with E-state index in [1.807, 2.05) is 20.8 Å². The number of benzene rings is 1. The van der Waals surface area contributed by atoms with Gasteiger partial charge in [0.1, 0.15) is 11.6 Å². The molecular formula is C21H28N6O5S. The Kier molecular flexibility index (Phi) is 7.06. The maximum atomic E-state index is 12.5. The number of nitrogens with one attached hydrogen (secondary N) is 3. The Labute approximate surface area is 192 Å². The molecule has 0 saturated heterocycles. The average Bonchev–Trinajstić information content (AvgIpc) is 3.50. The van der Waals surface area contributed by atoms with Crippen LogP contribution in [-0.2, 0) is 10.1 Å². The Hall–Kier alpha value is -3.41. The molecule has 0 unspecified atom stereocenters. The van der Waals surface area contributed by atoms with Crippen molar-refractivity contribution in [3.63, 3.8) is 0 Å². The molecule has 2 amide bonds. The largest absolute Gasteiger partial charge is 0.383 e. The molecule has 1 fully saturated rings. The monoisotopic (exact) mass is 476 g/mol. The van der Waals surface area contributed by atoms with Gasteiger partial charge in [0, 0.05) is 35.6 Å². The summed E-state index contributed by atoms with van der Waals surface area (Å²) in [5.74, 6) is -0.432. The fraction of sp³-hybridized carbons (Fsp3) is 0.429. The number of nitrogens with zero attached hydrogens (tertiary/aromatic N) is 2. The first-order valence-corrected chi connectivity index (χ1v) is 12.3. The summed E-state index contributed by atoms with van der Waals surface area (Å²) < 4.78 is 28.2. The van der Waals surface area contributed by atoms with Crippen molar-refractivity contribution in [1.29, 1.82) is 0 Å². The highest BCUT2D eigenvalue weighted by molar-refractivity contribution is 7.86. The number of hydrogen-bond acceptors (Lipinski definition) is 9. The lowest BCUT2D eigenvalue weighted by atomic mass is 10.1. The Morgan fingerprint density at radius 1 is 1.18 bits per heavy atom. The Morgan fingerprint density at radius 2 is 1.88 bits per heavy atom. The number of anilines is 3. The van der Waals surface area contributed by atoms with Gasteiger partial charge in [0.15, 0.2) is 0 Å². The number of carbonyl (C=O) groups excluding carboxylic acids is 2. The molecule has 2 aromatic rings. The lowest BCUT2D eigenvalue weighted by molar-refractivity contribution is 0.0949. The Balaban J connectivity index is 1.94. The molecular weight excluding hydrogens is 448 g/mol. The van der Waals surface area contributed by atoms with Gasteiger partial charge in [-0.3, -0.25) is 9.59 Å². The topological polar surface area (TPSA) is 165 Å². The molecule has 3 rings (SSSR count). The molecule has 0 aliphatic heterocycles. The fourth-order valence-electron chi connectivity index (χ4n) is 2.77. The number of nitrogens with two attached hydrogens (primary N) is 1. The van der Waals surface area contributed by atoms with Crippen LogP contribution in [0.5, 0.6) is 5.75 Å². The number of rotatable bonds is 10. The van der Waals surface area contributed by atoms with Gasteiger partial charge in [-0.15, -0.1) is 0 Å². The molecule has 178 valence electrons. The third-order valence-electron chi connectivity index (χ3n) is 5.00. The fourth-order valence-corrected chi connectivity index (χ4v) is 3.21. The molecule has 0 spiro atoms. The zero-order chi connectivity index (χ0) is 24.3. The summed E-state index contributed by atoms with van der Waals surface area (Å²) in [4.78, 5) is 32.8. The summed E-state index contributed by atoms with van der Waals surface area (Å²) in [5.41, 5.74) is 6.12. The van der Waals surface area contributed by atoms with Crippen LogP contribution in [0.25, 0.3) is 0 Å². The van der Waals surface area contributed by atoms with E-state index < -0.39 is 16.0 Å². The van der Waals surface area contributed by atoms with Gasteiger partial charge in [0.05, 0.1) is 11.8 Å². The van der Waals surface area contributed by atoms with E-state index in [-0.39, 0.29) is 52.6 Å². The standard InChI is InChI=1S/C21H28N6O5S/c1-11(2)12(3)24-19-17(18(22)28)10-23-21(27-19)26-15-7-13(20(29)25-14-5-6-14)8-16(9-15)32-33(4,30)31/h7-12,14H,5-6H2,1-4H3,(H2,22,28)(H,25,29)(H2,23,24,26,27)/t12-/m1/s1. The van der Waals surface area contributed by atoms with Gasteiger partial charge in [-0.25, -0.2) is 4.98 Å². The van der Waals surface area contributed by atoms with Crippen LogP contribution in [0.15, 0.2) is 24.4 Å². The maximum absolute atomic E-state index is 12.5. The zero-order valence-corrected chi connectivity index (χ0v) is 19.7. The first-order chi connectivity index (χ1) is 15.4. The molecule has 12 heteroatoms. The van der Waals surface area contributed by atoms with Crippen molar-refractivity contribution in [2.45, 2.75) is 45.7 Å². The summed E-state index contributed by atoms with van der Waals surface area (Å²) in [5, 5.41) is 8.94. The van der Waals surface area contributed by atoms with E-state index in [4.69, 9.17) is 9.92 Å². The highest BCUT2D eigenvalue weighted by Gasteiger charge is 2.24. The predicted molar refractivity (Wildman–Crippen MR) is 124 cm³/mol. The maximum Gasteiger partial charge on any atom is 0.306 e. The second-order valence-electron chi connectivity index (χ2n) is 8.40. The predicted octanol–water partition coefficient (Wildman–Crippen LogP) is 2.01. The molecule has 1 saturated carbocycles. The molecule has 1 heterocycles. The van der Waals surface area contributed by atoms with E-state index in [0.717, 1.165) is 19.1 Å². The van der Waals surface area contributed by atoms with Gasteiger partial charge < -0.3 is 25.9 Å². The van der Waals surface area contributed by atoms with Crippen molar-refractivity contribution in [2.24, 2.45) is 11.7 Å². The molecule has 1 aromatic carbocycles. The summed E-state index contributed by atoms with van der Waals surface area (Å²) >= 11 is 0. The van der Waals surface area contributed by atoms with E-state index in [1.54, 1.807) is 0 Å². The molecule has 33 heavy (non-hydrogen) atoms. The van der Waals surface area contributed by atoms with Crippen LogP contribution in [0.2, 0.25) is 0 Å². The van der Waals surface area contributed by atoms with Crippen molar-refractivity contribution in [3.8, 4) is 5.75 Å². The zero-order valence-electron chi connectivity index (χ0n) is 18.9. The highest BCUT2D eigenvalue weighted by atomic mass is 32.2. The van der Waals surface area contributed by atoms with Crippen LogP contribution >= 0.6 is 0 Å². The normalized spacial score (nSPS) is 14.5. The molecule has 0 radical (unpaired) electrons. The minimum atomic E-state index is -3.82. The molecule has 11 nitrogen and oxygen atoms in total. The van der Waals surface area contributed by atoms with Crippen LogP contribution in [-0.4, -0.2) is 48.5 Å². The SMILES string of the molecule is CC(C)[C@@H](C)Nc1nc(Nc2cc(OS(C)(=O)=O)cc(C(=O)NC3CC3)c2)ncc1C(N)=O. The van der Waals surface area contributed by atoms with Gasteiger partial charge in [-0.05, 0) is 37.8 Å². The van der Waals surface area contributed by atoms with Crippen molar-refractivity contribution in [3.05, 3.63) is 35.5 Å². The second-order valence-corrected chi connectivity index (χ2v) is 9.98. The Morgan fingerprint density at radius 3 is 2.45 bits per heavy atom. The van der Waals surface area contributed by atoms with Crippen LogP contribution in [0, 0.1) is 5.92 Å². The van der Waals surface area contributed by atoms with Crippen LogP contribution < -0.4 is 25.9 Å². The minimum Gasteiger partial charge on any atom is -0.383 e. The summed E-state index contributed by atoms with van der Waals surface area (Å²) in [7, 11) is -3.82. The molecule has 0 bridgehead atoms. The van der Waals surface area contributed by atoms with Gasteiger partial charge in [-0.2, -0.15) is 13.4 Å².